The topological polar surface area (TPSA) is 115 Å². The first kappa shape index (κ1) is 25.0. The number of carbonyl (C=O) groups is 1. The van der Waals surface area contributed by atoms with Gasteiger partial charge in [-0.15, -0.1) is 0 Å². The minimum absolute atomic E-state index is 0.0214. The van der Waals surface area contributed by atoms with E-state index in [1.807, 2.05) is 0 Å². The molecular formula is C23H15Cl2F3N6O2. The number of nitrogen functional groups attached to an aromatic ring is 1. The number of rotatable bonds is 5. The third kappa shape index (κ3) is 6.12. The zero-order valence-corrected chi connectivity index (χ0v) is 19.5. The monoisotopic (exact) mass is 534 g/mol. The van der Waals surface area contributed by atoms with Gasteiger partial charge < -0.3 is 21.1 Å². The van der Waals surface area contributed by atoms with Gasteiger partial charge in [-0.05, 0) is 42.0 Å². The fourth-order valence-corrected chi connectivity index (χ4v) is 3.40. The summed E-state index contributed by atoms with van der Waals surface area (Å²) in [7, 11) is 0. The highest BCUT2D eigenvalue weighted by molar-refractivity contribution is 6.31. The number of amides is 2. The largest absolute Gasteiger partial charge is 0.424 e. The van der Waals surface area contributed by atoms with Gasteiger partial charge in [-0.2, -0.15) is 13.2 Å². The first-order chi connectivity index (χ1) is 17.1. The van der Waals surface area contributed by atoms with E-state index in [0.29, 0.717) is 22.2 Å². The number of pyridine rings is 1. The molecule has 0 radical (unpaired) electrons. The van der Waals surface area contributed by atoms with Gasteiger partial charge in [0.15, 0.2) is 0 Å². The van der Waals surface area contributed by atoms with Crippen LogP contribution in [0.4, 0.5) is 35.2 Å². The average molecular weight is 535 g/mol. The third-order valence-corrected chi connectivity index (χ3v) is 5.12. The highest BCUT2D eigenvalue weighted by atomic mass is 35.5. The minimum atomic E-state index is -4.68. The molecule has 0 fully saturated rings. The van der Waals surface area contributed by atoms with Crippen molar-refractivity contribution in [1.29, 1.82) is 0 Å². The summed E-state index contributed by atoms with van der Waals surface area (Å²) < 4.78 is 45.1. The van der Waals surface area contributed by atoms with Gasteiger partial charge in [0.05, 0.1) is 34.4 Å². The van der Waals surface area contributed by atoms with Crippen LogP contribution in [0.3, 0.4) is 0 Å². The van der Waals surface area contributed by atoms with Gasteiger partial charge in [-0.1, -0.05) is 35.3 Å². The predicted octanol–water partition coefficient (Wildman–Crippen LogP) is 6.88. The Kier molecular flexibility index (Phi) is 7.13. The maximum Gasteiger partial charge on any atom is 0.418 e. The summed E-state index contributed by atoms with van der Waals surface area (Å²) in [5, 5.41) is 4.95. The number of urea groups is 1. The van der Waals surface area contributed by atoms with Crippen molar-refractivity contribution in [2.24, 2.45) is 0 Å². The maximum absolute atomic E-state index is 13.2. The van der Waals surface area contributed by atoms with Gasteiger partial charge in [-0.3, -0.25) is 0 Å². The van der Waals surface area contributed by atoms with Crippen molar-refractivity contribution in [3.05, 3.63) is 82.7 Å². The molecule has 0 spiro atoms. The van der Waals surface area contributed by atoms with Crippen molar-refractivity contribution >= 4 is 46.4 Å². The lowest BCUT2D eigenvalue weighted by atomic mass is 10.1. The van der Waals surface area contributed by atoms with Crippen molar-refractivity contribution in [2.45, 2.75) is 6.18 Å². The second-order valence-electron chi connectivity index (χ2n) is 7.23. The Morgan fingerprint density at radius 2 is 1.58 bits per heavy atom. The number of ether oxygens (including phenoxy) is 1. The number of halogens is 5. The van der Waals surface area contributed by atoms with Crippen LogP contribution in [0.25, 0.3) is 11.1 Å². The molecule has 2 amide bonds. The highest BCUT2D eigenvalue weighted by Crippen LogP contribution is 2.36. The first-order valence-electron chi connectivity index (χ1n) is 10.0. The molecule has 8 nitrogen and oxygen atoms in total. The molecule has 4 aromatic rings. The van der Waals surface area contributed by atoms with E-state index >= 15 is 0 Å². The summed E-state index contributed by atoms with van der Waals surface area (Å²) >= 11 is 11.7. The summed E-state index contributed by atoms with van der Waals surface area (Å²) in [4.78, 5) is 24.2. The molecule has 13 heteroatoms. The molecule has 0 aliphatic rings. The number of aromatic nitrogens is 3. The molecule has 2 aromatic carbocycles. The standard InChI is InChI=1S/C23H15Cl2F3N6O2/c24-13-3-6-18(23(26,27)28)19(8-13)34-21(35)33-15-10-31-22(32-11-15)36-16-4-1-12(2-5-16)17-7-14(25)9-30-20(17)29/h1-11H,(H2,29,30)(H2,33,34,35). The van der Waals surface area contributed by atoms with Gasteiger partial charge in [0, 0.05) is 16.8 Å². The summed E-state index contributed by atoms with van der Waals surface area (Å²) in [6, 6.07) is 10.4. The van der Waals surface area contributed by atoms with E-state index in [0.717, 1.165) is 23.8 Å². The number of hydrogen-bond acceptors (Lipinski definition) is 6. The SMILES string of the molecule is Nc1ncc(Cl)cc1-c1ccc(Oc2ncc(NC(=O)Nc3cc(Cl)ccc3C(F)(F)F)cn2)cc1. The van der Waals surface area contributed by atoms with Crippen LogP contribution in [-0.2, 0) is 6.18 Å². The van der Waals surface area contributed by atoms with E-state index in [4.69, 9.17) is 33.7 Å². The smallest absolute Gasteiger partial charge is 0.418 e. The number of nitrogens with two attached hydrogens (primary N) is 1. The molecule has 4 N–H and O–H groups in total. The molecule has 4 rings (SSSR count). The summed E-state index contributed by atoms with van der Waals surface area (Å²) in [6.07, 6.45) is -0.756. The van der Waals surface area contributed by atoms with E-state index in [9.17, 15) is 18.0 Å². The number of hydrogen-bond donors (Lipinski definition) is 3. The van der Waals surface area contributed by atoms with Crippen LogP contribution in [0.2, 0.25) is 10.0 Å². The van der Waals surface area contributed by atoms with Crippen molar-refractivity contribution in [2.75, 3.05) is 16.4 Å². The second kappa shape index (κ2) is 10.3. The van der Waals surface area contributed by atoms with E-state index in [-0.39, 0.29) is 16.7 Å². The zero-order chi connectivity index (χ0) is 25.9. The molecule has 2 aromatic heterocycles. The summed E-state index contributed by atoms with van der Waals surface area (Å²) in [6.45, 7) is 0. The molecule has 0 saturated heterocycles. The maximum atomic E-state index is 13.2. The fraction of sp³-hybridized carbons (Fsp3) is 0.0435. The fourth-order valence-electron chi connectivity index (χ4n) is 3.07. The van der Waals surface area contributed by atoms with E-state index < -0.39 is 23.5 Å². The Bertz CT molecular complexity index is 1400. The molecule has 36 heavy (non-hydrogen) atoms. The normalized spacial score (nSPS) is 11.1. The molecule has 0 saturated carbocycles. The Balaban J connectivity index is 1.39. The van der Waals surface area contributed by atoms with Gasteiger partial charge in [0.1, 0.15) is 11.6 Å². The number of nitrogens with one attached hydrogen (secondary N) is 2. The molecule has 0 bridgehead atoms. The van der Waals surface area contributed by atoms with Gasteiger partial charge in [0.25, 0.3) is 0 Å². The van der Waals surface area contributed by atoms with Crippen LogP contribution < -0.4 is 21.1 Å². The predicted molar refractivity (Wildman–Crippen MR) is 130 cm³/mol. The lowest BCUT2D eigenvalue weighted by Gasteiger charge is -2.14. The van der Waals surface area contributed by atoms with Crippen LogP contribution in [0.5, 0.6) is 11.8 Å². The Labute approximate surface area is 212 Å². The number of anilines is 3. The van der Waals surface area contributed by atoms with E-state index in [2.05, 4.69) is 25.6 Å². The van der Waals surface area contributed by atoms with Gasteiger partial charge in [0.2, 0.25) is 0 Å². The molecule has 0 aliphatic heterocycles. The zero-order valence-electron chi connectivity index (χ0n) is 18.0. The Hall–Kier alpha value is -4.09. The molecule has 0 atom stereocenters. The van der Waals surface area contributed by atoms with Crippen molar-refractivity contribution in [1.82, 2.24) is 15.0 Å². The molecule has 2 heterocycles. The average Bonchev–Trinajstić information content (AvgIpc) is 2.82. The second-order valence-corrected chi connectivity index (χ2v) is 8.11. The van der Waals surface area contributed by atoms with Crippen LogP contribution in [-0.4, -0.2) is 21.0 Å². The minimum Gasteiger partial charge on any atom is -0.424 e. The summed E-state index contributed by atoms with van der Waals surface area (Å²) in [5.41, 5.74) is 5.92. The van der Waals surface area contributed by atoms with Gasteiger partial charge in [-0.25, -0.2) is 19.7 Å². The number of alkyl halides is 3. The lowest BCUT2D eigenvalue weighted by Crippen LogP contribution is -2.22. The summed E-state index contributed by atoms with van der Waals surface area (Å²) in [5.74, 6) is 0.750. The van der Waals surface area contributed by atoms with Crippen LogP contribution in [0.15, 0.2) is 67.1 Å². The quantitative estimate of drug-likeness (QED) is 0.257. The Morgan fingerprint density at radius 1 is 0.889 bits per heavy atom. The molecular weight excluding hydrogens is 520 g/mol. The third-order valence-electron chi connectivity index (χ3n) is 4.68. The van der Waals surface area contributed by atoms with Crippen LogP contribution in [0, 0.1) is 0 Å². The van der Waals surface area contributed by atoms with Gasteiger partial charge >= 0.3 is 18.2 Å². The van der Waals surface area contributed by atoms with Crippen LogP contribution in [0.1, 0.15) is 5.56 Å². The van der Waals surface area contributed by atoms with Crippen molar-refractivity contribution in [3.63, 3.8) is 0 Å². The van der Waals surface area contributed by atoms with Crippen molar-refractivity contribution < 1.29 is 22.7 Å². The van der Waals surface area contributed by atoms with E-state index in [1.165, 1.54) is 18.6 Å². The highest BCUT2D eigenvalue weighted by Gasteiger charge is 2.34. The molecule has 184 valence electrons. The molecule has 0 unspecified atom stereocenters. The first-order valence-corrected chi connectivity index (χ1v) is 10.8. The number of carbonyl (C=O) groups excluding carboxylic acids is 1. The van der Waals surface area contributed by atoms with Crippen molar-refractivity contribution in [3.8, 4) is 22.9 Å². The molecule has 0 aliphatic carbocycles. The van der Waals surface area contributed by atoms with E-state index in [1.54, 1.807) is 30.3 Å². The Morgan fingerprint density at radius 3 is 2.25 bits per heavy atom. The lowest BCUT2D eigenvalue weighted by molar-refractivity contribution is -0.136. The number of nitrogens with zero attached hydrogens (tertiary/aromatic N) is 3. The number of benzene rings is 2. The van der Waals surface area contributed by atoms with Crippen LogP contribution >= 0.6 is 23.2 Å².